The molecule has 2 heteroatoms. The van der Waals surface area contributed by atoms with E-state index in [1.807, 2.05) is 11.8 Å². The summed E-state index contributed by atoms with van der Waals surface area (Å²) < 4.78 is 0. The van der Waals surface area contributed by atoms with E-state index in [1.165, 1.54) is 56.0 Å². The predicted octanol–water partition coefficient (Wildman–Crippen LogP) is 3.86. The fourth-order valence-corrected chi connectivity index (χ4v) is 3.11. The molecule has 0 aliphatic carbocycles. The Balaban J connectivity index is 1.51. The van der Waals surface area contributed by atoms with Gasteiger partial charge in [0.2, 0.25) is 0 Å². The van der Waals surface area contributed by atoms with Gasteiger partial charge in [0, 0.05) is 4.90 Å². The summed E-state index contributed by atoms with van der Waals surface area (Å²) in [6, 6.07) is 10.7. The average molecular weight is 248 g/mol. The summed E-state index contributed by atoms with van der Waals surface area (Å²) >= 11 is 1.98. The minimum absolute atomic E-state index is 1.25. The Morgan fingerprint density at radius 3 is 2.53 bits per heavy atom. The molecule has 0 bridgehead atoms. The molecule has 0 atom stereocenters. The standard InChI is InChI=1S/C15H22NS/c1-3-9-15(10-4-1)17-14-8-7-13-16-11-5-2-6-12-16/h1-4,9-10H,5-8,11-14H2. The molecule has 0 saturated carbocycles. The Morgan fingerprint density at radius 1 is 1.00 bits per heavy atom. The van der Waals surface area contributed by atoms with E-state index in [0.29, 0.717) is 0 Å². The zero-order valence-corrected chi connectivity index (χ0v) is 11.3. The summed E-state index contributed by atoms with van der Waals surface area (Å²) in [6.45, 7) is 3.86. The van der Waals surface area contributed by atoms with Gasteiger partial charge in [-0.15, -0.1) is 11.8 Å². The maximum Gasteiger partial charge on any atom is 0.00719 e. The summed E-state index contributed by atoms with van der Waals surface area (Å²) in [6.07, 6.45) is 7.68. The Kier molecular flexibility index (Phi) is 5.94. The zero-order valence-electron chi connectivity index (χ0n) is 10.5. The number of benzene rings is 1. The van der Waals surface area contributed by atoms with Crippen molar-refractivity contribution < 1.29 is 0 Å². The normalized spacial score (nSPS) is 17.2. The molecular weight excluding hydrogens is 226 g/mol. The average Bonchev–Trinajstić information content (AvgIpc) is 2.41. The van der Waals surface area contributed by atoms with Gasteiger partial charge in [-0.3, -0.25) is 0 Å². The number of unbranched alkanes of at least 4 members (excludes halogenated alkanes) is 1. The molecule has 0 amide bonds. The first kappa shape index (κ1) is 13.0. The highest BCUT2D eigenvalue weighted by atomic mass is 32.2. The van der Waals surface area contributed by atoms with Crippen molar-refractivity contribution in [1.82, 2.24) is 4.90 Å². The molecule has 93 valence electrons. The highest BCUT2D eigenvalue weighted by Crippen LogP contribution is 2.18. The molecule has 0 N–H and O–H groups in total. The van der Waals surface area contributed by atoms with Crippen molar-refractivity contribution in [1.29, 1.82) is 0 Å². The second-order valence-corrected chi connectivity index (χ2v) is 5.74. The van der Waals surface area contributed by atoms with Crippen LogP contribution in [0.5, 0.6) is 0 Å². The van der Waals surface area contributed by atoms with Crippen LogP contribution in [0.25, 0.3) is 0 Å². The molecule has 1 nitrogen and oxygen atoms in total. The number of rotatable bonds is 6. The van der Waals surface area contributed by atoms with Crippen molar-refractivity contribution >= 4 is 11.8 Å². The van der Waals surface area contributed by atoms with Gasteiger partial charge in [-0.25, -0.2) is 0 Å². The smallest absolute Gasteiger partial charge is 0.00719 e. The van der Waals surface area contributed by atoms with Crippen LogP contribution in [0, 0.1) is 6.42 Å². The molecule has 0 aromatic heterocycles. The van der Waals surface area contributed by atoms with Gasteiger partial charge >= 0.3 is 0 Å². The Hall–Kier alpha value is -0.470. The molecule has 0 spiro atoms. The molecule has 1 heterocycles. The van der Waals surface area contributed by atoms with E-state index in [-0.39, 0.29) is 0 Å². The van der Waals surface area contributed by atoms with Crippen molar-refractivity contribution in [3.05, 3.63) is 36.8 Å². The van der Waals surface area contributed by atoms with E-state index in [0.717, 1.165) is 0 Å². The molecule has 1 aliphatic heterocycles. The molecule has 17 heavy (non-hydrogen) atoms. The van der Waals surface area contributed by atoms with Gasteiger partial charge in [0.25, 0.3) is 0 Å². The van der Waals surface area contributed by atoms with Crippen LogP contribution in [0.1, 0.15) is 25.7 Å². The summed E-state index contributed by atoms with van der Waals surface area (Å²) in [5.41, 5.74) is 0. The molecule has 2 rings (SSSR count). The molecule has 1 aromatic rings. The minimum Gasteiger partial charge on any atom is -0.303 e. The van der Waals surface area contributed by atoms with Gasteiger partial charge < -0.3 is 4.90 Å². The van der Waals surface area contributed by atoms with Crippen LogP contribution in [-0.4, -0.2) is 30.3 Å². The van der Waals surface area contributed by atoms with Gasteiger partial charge in [-0.1, -0.05) is 18.2 Å². The number of piperidine rings is 1. The van der Waals surface area contributed by atoms with Crippen molar-refractivity contribution in [3.63, 3.8) is 0 Å². The van der Waals surface area contributed by atoms with Crippen LogP contribution in [0.2, 0.25) is 0 Å². The zero-order chi connectivity index (χ0) is 11.8. The number of likely N-dealkylation sites (tertiary alicyclic amines) is 1. The lowest BCUT2D eigenvalue weighted by molar-refractivity contribution is 0.251. The quantitative estimate of drug-likeness (QED) is 0.555. The predicted molar refractivity (Wildman–Crippen MR) is 76.4 cm³/mol. The number of thioether (sulfide) groups is 1. The van der Waals surface area contributed by atoms with E-state index in [4.69, 9.17) is 0 Å². The lowest BCUT2D eigenvalue weighted by Gasteiger charge is -2.26. The first-order valence-corrected chi connectivity index (χ1v) is 7.65. The van der Waals surface area contributed by atoms with Crippen molar-refractivity contribution in [3.8, 4) is 0 Å². The second kappa shape index (κ2) is 7.78. The fraction of sp³-hybridized carbons (Fsp3) is 0.533. The lowest BCUT2D eigenvalue weighted by Crippen LogP contribution is -2.30. The molecule has 1 saturated heterocycles. The maximum atomic E-state index is 2.60. The van der Waals surface area contributed by atoms with Crippen LogP contribution >= 0.6 is 11.8 Å². The van der Waals surface area contributed by atoms with E-state index >= 15 is 0 Å². The van der Waals surface area contributed by atoms with Crippen molar-refractivity contribution in [2.45, 2.75) is 30.6 Å². The van der Waals surface area contributed by atoms with Crippen LogP contribution in [0.4, 0.5) is 0 Å². The van der Waals surface area contributed by atoms with Crippen molar-refractivity contribution in [2.24, 2.45) is 0 Å². The molecule has 1 aromatic carbocycles. The molecule has 1 fully saturated rings. The molecular formula is C15H22NS. The summed E-state index contributed by atoms with van der Waals surface area (Å²) in [7, 11) is 0. The first-order chi connectivity index (χ1) is 8.45. The Labute approximate surface area is 110 Å². The van der Waals surface area contributed by atoms with Gasteiger partial charge in [0.1, 0.15) is 0 Å². The van der Waals surface area contributed by atoms with Crippen LogP contribution < -0.4 is 0 Å². The molecule has 1 radical (unpaired) electrons. The van der Waals surface area contributed by atoms with Crippen LogP contribution in [0.15, 0.2) is 35.2 Å². The Bertz CT molecular complexity index is 293. The monoisotopic (exact) mass is 248 g/mol. The van der Waals surface area contributed by atoms with Crippen molar-refractivity contribution in [2.75, 3.05) is 25.4 Å². The topological polar surface area (TPSA) is 3.24 Å². The van der Waals surface area contributed by atoms with Gasteiger partial charge in [-0.05, 0) is 69.6 Å². The summed E-state index contributed by atoms with van der Waals surface area (Å²) in [5.74, 6) is 1.25. The third kappa shape index (κ3) is 5.13. The maximum absolute atomic E-state index is 2.60. The van der Waals surface area contributed by atoms with Crippen LogP contribution in [-0.2, 0) is 0 Å². The number of hydrogen-bond acceptors (Lipinski definition) is 2. The fourth-order valence-electron chi connectivity index (χ4n) is 2.17. The largest absolute Gasteiger partial charge is 0.303 e. The second-order valence-electron chi connectivity index (χ2n) is 4.58. The van der Waals surface area contributed by atoms with Crippen LogP contribution in [0.3, 0.4) is 0 Å². The third-order valence-corrected chi connectivity index (χ3v) is 4.28. The van der Waals surface area contributed by atoms with Gasteiger partial charge in [-0.2, -0.15) is 0 Å². The lowest BCUT2D eigenvalue weighted by atomic mass is 10.1. The summed E-state index contributed by atoms with van der Waals surface area (Å²) in [5, 5.41) is 0. The van der Waals surface area contributed by atoms with Gasteiger partial charge in [0.05, 0.1) is 0 Å². The minimum atomic E-state index is 1.25. The highest BCUT2D eigenvalue weighted by molar-refractivity contribution is 7.99. The summed E-state index contributed by atoms with van der Waals surface area (Å²) in [4.78, 5) is 4.01. The van der Waals surface area contributed by atoms with E-state index in [9.17, 15) is 0 Å². The molecule has 1 aliphatic rings. The SMILES string of the molecule is [CH]1CCN(CCCCSc2ccccc2)CC1. The highest BCUT2D eigenvalue weighted by Gasteiger charge is 2.08. The number of hydrogen-bond donors (Lipinski definition) is 0. The Morgan fingerprint density at radius 2 is 1.76 bits per heavy atom. The first-order valence-electron chi connectivity index (χ1n) is 6.67. The number of nitrogens with zero attached hydrogens (tertiary/aromatic N) is 1. The molecule has 0 unspecified atom stereocenters. The van der Waals surface area contributed by atoms with E-state index in [2.05, 4.69) is 41.7 Å². The van der Waals surface area contributed by atoms with E-state index in [1.54, 1.807) is 0 Å². The van der Waals surface area contributed by atoms with Gasteiger partial charge in [0.15, 0.2) is 0 Å². The van der Waals surface area contributed by atoms with E-state index < -0.39 is 0 Å². The third-order valence-electron chi connectivity index (χ3n) is 3.18.